The first kappa shape index (κ1) is 19.2. The van der Waals surface area contributed by atoms with E-state index in [-0.39, 0.29) is 11.4 Å². The number of thiazole rings is 1. The molecule has 0 saturated heterocycles. The molecule has 1 amide bonds. The number of aryl methyl sites for hydroxylation is 1. The van der Waals surface area contributed by atoms with E-state index in [1.54, 1.807) is 18.2 Å². The minimum absolute atomic E-state index is 0.0473. The second-order valence-corrected chi connectivity index (χ2v) is 7.12. The number of aromatic nitrogens is 1. The highest BCUT2D eigenvalue weighted by Gasteiger charge is 2.16. The van der Waals surface area contributed by atoms with Gasteiger partial charge in [0.2, 0.25) is 0 Å². The molecule has 0 N–H and O–H groups in total. The van der Waals surface area contributed by atoms with Crippen molar-refractivity contribution < 1.29 is 13.6 Å². The summed E-state index contributed by atoms with van der Waals surface area (Å²) in [5, 5.41) is 0. The number of hydrogen-bond donors (Lipinski definition) is 0. The molecule has 0 aliphatic heterocycles. The van der Waals surface area contributed by atoms with Gasteiger partial charge in [-0.15, -0.1) is 11.3 Å². The lowest BCUT2D eigenvalue weighted by Crippen LogP contribution is -2.17. The molecule has 140 valence electrons. The summed E-state index contributed by atoms with van der Waals surface area (Å²) in [6, 6.07) is 12.1. The topological polar surface area (TPSA) is 34.4 Å². The number of hydrogen-bond acceptors (Lipinski definition) is 2. The Kier molecular flexibility index (Phi) is 5.96. The highest BCUT2D eigenvalue weighted by atomic mass is 32.1. The SMILES string of the molecule is CCCc1sc(=NC(=O)c2ccccc2F)n(CC)c1-c1ccc(F)cc1. The Morgan fingerprint density at radius 1 is 1.07 bits per heavy atom. The highest BCUT2D eigenvalue weighted by molar-refractivity contribution is 7.09. The van der Waals surface area contributed by atoms with Gasteiger partial charge in [0.15, 0.2) is 4.80 Å². The molecule has 3 nitrogen and oxygen atoms in total. The Hall–Kier alpha value is -2.60. The van der Waals surface area contributed by atoms with Gasteiger partial charge in [0, 0.05) is 11.4 Å². The lowest BCUT2D eigenvalue weighted by Gasteiger charge is -2.09. The van der Waals surface area contributed by atoms with Gasteiger partial charge in [0.05, 0.1) is 11.3 Å². The summed E-state index contributed by atoms with van der Waals surface area (Å²) in [6.07, 6.45) is 1.75. The normalized spacial score (nSPS) is 11.8. The predicted molar refractivity (Wildman–Crippen MR) is 104 cm³/mol. The largest absolute Gasteiger partial charge is 0.316 e. The van der Waals surface area contributed by atoms with Crippen LogP contribution in [0.5, 0.6) is 0 Å². The van der Waals surface area contributed by atoms with E-state index in [0.29, 0.717) is 11.3 Å². The second-order valence-electron chi connectivity index (χ2n) is 6.05. The molecule has 3 aromatic rings. The average molecular weight is 386 g/mol. The van der Waals surface area contributed by atoms with Crippen molar-refractivity contribution in [3.8, 4) is 11.3 Å². The van der Waals surface area contributed by atoms with Gasteiger partial charge in [-0.25, -0.2) is 8.78 Å². The number of amides is 1. The summed E-state index contributed by atoms with van der Waals surface area (Å²) in [6.45, 7) is 4.63. The van der Waals surface area contributed by atoms with Crippen molar-refractivity contribution in [2.24, 2.45) is 4.99 Å². The van der Waals surface area contributed by atoms with E-state index in [0.717, 1.165) is 29.0 Å². The Bertz CT molecular complexity index is 1020. The Morgan fingerprint density at radius 3 is 2.41 bits per heavy atom. The van der Waals surface area contributed by atoms with Gasteiger partial charge in [-0.2, -0.15) is 4.99 Å². The summed E-state index contributed by atoms with van der Waals surface area (Å²) < 4.78 is 29.2. The maximum absolute atomic E-state index is 13.9. The van der Waals surface area contributed by atoms with Gasteiger partial charge in [-0.05, 0) is 55.3 Å². The average Bonchev–Trinajstić information content (AvgIpc) is 3.00. The first-order valence-electron chi connectivity index (χ1n) is 8.87. The standard InChI is InChI=1S/C21H20F2N2OS/c1-3-7-18-19(14-10-12-15(22)13-11-14)25(4-2)21(27-18)24-20(26)16-8-5-6-9-17(16)23/h5-6,8-13H,3-4,7H2,1-2H3. The fraction of sp³-hybridized carbons (Fsp3) is 0.238. The second kappa shape index (κ2) is 8.39. The van der Waals surface area contributed by atoms with E-state index in [9.17, 15) is 13.6 Å². The maximum atomic E-state index is 13.9. The predicted octanol–water partition coefficient (Wildman–Crippen LogP) is 5.21. The number of carbonyl (C=O) groups excluding carboxylic acids is 1. The molecular formula is C21H20F2N2OS. The van der Waals surface area contributed by atoms with E-state index < -0.39 is 11.7 Å². The third-order valence-corrected chi connectivity index (χ3v) is 5.33. The third-order valence-electron chi connectivity index (χ3n) is 4.19. The molecule has 1 heterocycles. The number of nitrogens with zero attached hydrogens (tertiary/aromatic N) is 2. The number of benzene rings is 2. The molecule has 0 unspecified atom stereocenters. The Morgan fingerprint density at radius 2 is 1.78 bits per heavy atom. The van der Waals surface area contributed by atoms with E-state index in [1.165, 1.54) is 41.7 Å². The van der Waals surface area contributed by atoms with E-state index in [2.05, 4.69) is 11.9 Å². The van der Waals surface area contributed by atoms with Crippen LogP contribution in [-0.2, 0) is 13.0 Å². The molecule has 6 heteroatoms. The molecule has 0 spiro atoms. The summed E-state index contributed by atoms with van der Waals surface area (Å²) in [4.78, 5) is 18.3. The molecular weight excluding hydrogens is 366 g/mol. The fourth-order valence-corrected chi connectivity index (χ4v) is 4.25. The van der Waals surface area contributed by atoms with Crippen LogP contribution in [0.2, 0.25) is 0 Å². The molecule has 27 heavy (non-hydrogen) atoms. The summed E-state index contributed by atoms with van der Waals surface area (Å²) >= 11 is 1.42. The molecule has 3 rings (SSSR count). The first-order chi connectivity index (χ1) is 13.0. The Balaban J connectivity index is 2.16. The fourth-order valence-electron chi connectivity index (χ4n) is 2.94. The van der Waals surface area contributed by atoms with Crippen LogP contribution in [0.4, 0.5) is 8.78 Å². The molecule has 0 radical (unpaired) electrons. The summed E-state index contributed by atoms with van der Waals surface area (Å²) in [5.41, 5.74) is 1.76. The molecule has 2 aromatic carbocycles. The van der Waals surface area contributed by atoms with Crippen molar-refractivity contribution in [3.05, 3.63) is 75.4 Å². The van der Waals surface area contributed by atoms with Gasteiger partial charge in [0.1, 0.15) is 11.6 Å². The van der Waals surface area contributed by atoms with E-state index in [1.807, 2.05) is 11.5 Å². The molecule has 0 saturated carbocycles. The van der Waals surface area contributed by atoms with Crippen molar-refractivity contribution in [3.63, 3.8) is 0 Å². The minimum Gasteiger partial charge on any atom is -0.316 e. The van der Waals surface area contributed by atoms with Crippen molar-refractivity contribution >= 4 is 17.2 Å². The summed E-state index contributed by atoms with van der Waals surface area (Å²) in [5.74, 6) is -1.49. The van der Waals surface area contributed by atoms with Crippen molar-refractivity contribution in [1.29, 1.82) is 0 Å². The van der Waals surface area contributed by atoms with Crippen LogP contribution < -0.4 is 4.80 Å². The van der Waals surface area contributed by atoms with Crippen molar-refractivity contribution in [2.75, 3.05) is 0 Å². The quantitative estimate of drug-likeness (QED) is 0.593. The van der Waals surface area contributed by atoms with Crippen LogP contribution in [-0.4, -0.2) is 10.5 Å². The molecule has 0 fully saturated rings. The number of rotatable bonds is 5. The van der Waals surface area contributed by atoms with Crippen LogP contribution in [0.1, 0.15) is 35.5 Å². The van der Waals surface area contributed by atoms with Crippen LogP contribution in [0.15, 0.2) is 53.5 Å². The van der Waals surface area contributed by atoms with E-state index in [4.69, 9.17) is 0 Å². The monoisotopic (exact) mass is 386 g/mol. The van der Waals surface area contributed by atoms with Crippen molar-refractivity contribution in [2.45, 2.75) is 33.2 Å². The lowest BCUT2D eigenvalue weighted by atomic mass is 10.1. The first-order valence-corrected chi connectivity index (χ1v) is 9.68. The van der Waals surface area contributed by atoms with Crippen LogP contribution >= 0.6 is 11.3 Å². The van der Waals surface area contributed by atoms with Gasteiger partial charge in [-0.3, -0.25) is 4.79 Å². The molecule has 0 atom stereocenters. The summed E-state index contributed by atoms with van der Waals surface area (Å²) in [7, 11) is 0. The van der Waals surface area contributed by atoms with Gasteiger partial charge < -0.3 is 4.57 Å². The lowest BCUT2D eigenvalue weighted by molar-refractivity contribution is 0.0994. The molecule has 0 bridgehead atoms. The zero-order valence-corrected chi connectivity index (χ0v) is 16.0. The third kappa shape index (κ3) is 4.06. The van der Waals surface area contributed by atoms with Crippen LogP contribution in [0, 0.1) is 11.6 Å². The van der Waals surface area contributed by atoms with Gasteiger partial charge >= 0.3 is 0 Å². The molecule has 0 aliphatic carbocycles. The molecule has 0 aliphatic rings. The van der Waals surface area contributed by atoms with Gasteiger partial charge in [-0.1, -0.05) is 25.5 Å². The molecule has 1 aromatic heterocycles. The van der Waals surface area contributed by atoms with Crippen molar-refractivity contribution in [1.82, 2.24) is 4.57 Å². The van der Waals surface area contributed by atoms with Crippen LogP contribution in [0.25, 0.3) is 11.3 Å². The van der Waals surface area contributed by atoms with Gasteiger partial charge in [0.25, 0.3) is 5.91 Å². The smallest absolute Gasteiger partial charge is 0.282 e. The minimum atomic E-state index is -0.606. The maximum Gasteiger partial charge on any atom is 0.282 e. The Labute approximate surface area is 160 Å². The number of halogens is 2. The van der Waals surface area contributed by atoms with Crippen LogP contribution in [0.3, 0.4) is 0 Å². The zero-order chi connectivity index (χ0) is 19.4. The highest BCUT2D eigenvalue weighted by Crippen LogP contribution is 2.27. The van der Waals surface area contributed by atoms with E-state index >= 15 is 0 Å². The zero-order valence-electron chi connectivity index (χ0n) is 15.2. The number of carbonyl (C=O) groups is 1.